The Balaban J connectivity index is 2.76. The van der Waals surface area contributed by atoms with Crippen molar-refractivity contribution in [1.29, 1.82) is 0 Å². The van der Waals surface area contributed by atoms with E-state index >= 15 is 0 Å². The summed E-state index contributed by atoms with van der Waals surface area (Å²) in [5, 5.41) is 0. The highest BCUT2D eigenvalue weighted by atomic mass is 19.1. The summed E-state index contributed by atoms with van der Waals surface area (Å²) in [4.78, 5) is 0. The first-order valence-electron chi connectivity index (χ1n) is 10.6. The van der Waals surface area contributed by atoms with E-state index in [1.54, 1.807) is 0 Å². The Morgan fingerprint density at radius 3 is 2.42 bits per heavy atom. The van der Waals surface area contributed by atoms with Crippen molar-refractivity contribution in [2.45, 2.75) is 99.3 Å². The van der Waals surface area contributed by atoms with Crippen LogP contribution in [0.2, 0.25) is 0 Å². The monoisotopic (exact) mass is 338 g/mol. The summed E-state index contributed by atoms with van der Waals surface area (Å²) < 4.78 is 12.6. The first-order valence-corrected chi connectivity index (χ1v) is 10.6. The second-order valence-electron chi connectivity index (χ2n) is 8.93. The maximum atomic E-state index is 12.6. The van der Waals surface area contributed by atoms with Gasteiger partial charge in [0.25, 0.3) is 0 Å². The molecule has 1 saturated carbocycles. The van der Waals surface area contributed by atoms with Gasteiger partial charge in [-0.1, -0.05) is 72.0 Å². The molecule has 0 radical (unpaired) electrons. The molecule has 1 aliphatic carbocycles. The van der Waals surface area contributed by atoms with Crippen LogP contribution in [-0.2, 0) is 0 Å². The highest BCUT2D eigenvalue weighted by molar-refractivity contribution is 5.12. The molecule has 2 unspecified atom stereocenters. The van der Waals surface area contributed by atoms with Crippen molar-refractivity contribution >= 4 is 0 Å². The van der Waals surface area contributed by atoms with Crippen LogP contribution in [0.1, 0.15) is 99.3 Å². The van der Waals surface area contributed by atoms with Gasteiger partial charge in [-0.05, 0) is 68.1 Å². The molecule has 0 aromatic carbocycles. The molecule has 4 atom stereocenters. The molecule has 142 valence electrons. The summed E-state index contributed by atoms with van der Waals surface area (Å²) in [5.41, 5.74) is 1.88. The molecular weight excluding hydrogens is 295 g/mol. The third-order valence-corrected chi connectivity index (χ3v) is 6.80. The van der Waals surface area contributed by atoms with E-state index in [1.807, 2.05) is 0 Å². The van der Waals surface area contributed by atoms with E-state index in [0.717, 1.165) is 24.2 Å². The lowest BCUT2D eigenvalue weighted by Crippen LogP contribution is -2.37. The molecule has 1 aliphatic rings. The second kappa shape index (κ2) is 10.6. The fourth-order valence-corrected chi connectivity index (χ4v) is 5.48. The van der Waals surface area contributed by atoms with Crippen molar-refractivity contribution in [3.63, 3.8) is 0 Å². The minimum Gasteiger partial charge on any atom is -0.251 e. The molecule has 0 bridgehead atoms. The molecule has 1 heteroatoms. The third-order valence-electron chi connectivity index (χ3n) is 6.80. The van der Waals surface area contributed by atoms with Gasteiger partial charge in [-0.2, -0.15) is 0 Å². The van der Waals surface area contributed by atoms with E-state index in [0.29, 0.717) is 17.8 Å². The lowest BCUT2D eigenvalue weighted by molar-refractivity contribution is 0.0618. The van der Waals surface area contributed by atoms with Crippen LogP contribution < -0.4 is 0 Å². The lowest BCUT2D eigenvalue weighted by Gasteiger charge is -2.47. The summed E-state index contributed by atoms with van der Waals surface area (Å²) in [6, 6.07) is 0. The second-order valence-corrected chi connectivity index (χ2v) is 8.93. The maximum Gasteiger partial charge on any atom is 0.0897 e. The van der Waals surface area contributed by atoms with Crippen LogP contribution in [-0.4, -0.2) is 6.67 Å². The molecule has 0 N–H and O–H groups in total. The van der Waals surface area contributed by atoms with Crippen LogP contribution >= 0.6 is 0 Å². The smallest absolute Gasteiger partial charge is 0.0897 e. The zero-order valence-electron chi connectivity index (χ0n) is 17.3. The molecular formula is C23H43F. The highest BCUT2D eigenvalue weighted by Gasteiger charge is 2.40. The van der Waals surface area contributed by atoms with Crippen LogP contribution in [0.3, 0.4) is 0 Å². The van der Waals surface area contributed by atoms with E-state index in [4.69, 9.17) is 0 Å². The lowest BCUT2D eigenvalue weighted by atomic mass is 9.58. The Kier molecular flexibility index (Phi) is 9.60. The number of alkyl halides is 1. The normalized spacial score (nSPS) is 27.0. The van der Waals surface area contributed by atoms with Gasteiger partial charge in [-0.15, -0.1) is 0 Å². The van der Waals surface area contributed by atoms with Gasteiger partial charge in [-0.25, -0.2) is 0 Å². The summed E-state index contributed by atoms with van der Waals surface area (Å²) in [6.07, 6.45) is 13.4. The number of halogens is 1. The highest BCUT2D eigenvalue weighted by Crippen LogP contribution is 2.51. The van der Waals surface area contributed by atoms with Crippen LogP contribution in [0.15, 0.2) is 11.6 Å². The maximum absolute atomic E-state index is 12.6. The third kappa shape index (κ3) is 5.88. The van der Waals surface area contributed by atoms with Gasteiger partial charge in [0.2, 0.25) is 0 Å². The predicted octanol–water partition coefficient (Wildman–Crippen LogP) is 7.98. The molecule has 1 rings (SSSR count). The van der Waals surface area contributed by atoms with E-state index < -0.39 is 0 Å². The zero-order valence-corrected chi connectivity index (χ0v) is 17.3. The largest absolute Gasteiger partial charge is 0.251 e. The van der Waals surface area contributed by atoms with Crippen molar-refractivity contribution in [2.75, 3.05) is 6.67 Å². The molecule has 0 heterocycles. The van der Waals surface area contributed by atoms with Gasteiger partial charge in [0.1, 0.15) is 0 Å². The molecule has 0 nitrogen and oxygen atoms in total. The SMILES string of the molecule is C/C=C(\CCCF)C1CCC([C@H](CC)[C@@H](C)CCCC)CC1(C)C. The van der Waals surface area contributed by atoms with Crippen molar-refractivity contribution < 1.29 is 4.39 Å². The quantitative estimate of drug-likeness (QED) is 0.354. The number of rotatable bonds is 10. The van der Waals surface area contributed by atoms with Crippen molar-refractivity contribution in [3.05, 3.63) is 11.6 Å². The van der Waals surface area contributed by atoms with Crippen LogP contribution in [0, 0.1) is 29.1 Å². The van der Waals surface area contributed by atoms with Gasteiger partial charge in [0.15, 0.2) is 0 Å². The number of allylic oxidation sites excluding steroid dienone is 2. The molecule has 0 aliphatic heterocycles. The summed E-state index contributed by atoms with van der Waals surface area (Å²) in [5.74, 6) is 3.29. The molecule has 24 heavy (non-hydrogen) atoms. The van der Waals surface area contributed by atoms with Crippen molar-refractivity contribution in [3.8, 4) is 0 Å². The predicted molar refractivity (Wildman–Crippen MR) is 106 cm³/mol. The van der Waals surface area contributed by atoms with Crippen LogP contribution in [0.4, 0.5) is 4.39 Å². The average molecular weight is 339 g/mol. The van der Waals surface area contributed by atoms with Gasteiger partial charge in [-0.3, -0.25) is 4.39 Å². The standard InChI is InChI=1S/C23H43F/c1-7-10-12-18(4)21(9-3)20-14-15-22(23(5,6)17-20)19(8-2)13-11-16-24/h8,18,20-22H,7,9-17H2,1-6H3/b19-8+/t18-,20?,21+,22?/m0/s1. The van der Waals surface area contributed by atoms with Crippen molar-refractivity contribution in [1.82, 2.24) is 0 Å². The number of hydrogen-bond donors (Lipinski definition) is 0. The minimum atomic E-state index is -0.181. The molecule has 0 saturated heterocycles. The average Bonchev–Trinajstić information content (AvgIpc) is 2.55. The zero-order chi connectivity index (χ0) is 18.2. The van der Waals surface area contributed by atoms with E-state index in [2.05, 4.69) is 47.6 Å². The van der Waals surface area contributed by atoms with Crippen molar-refractivity contribution in [2.24, 2.45) is 29.1 Å². The molecule has 0 aromatic rings. The summed E-state index contributed by atoms with van der Waals surface area (Å²) >= 11 is 0. The number of unbranched alkanes of at least 4 members (excludes halogenated alkanes) is 1. The Bertz CT molecular complexity index is 368. The first-order chi connectivity index (χ1) is 11.4. The van der Waals surface area contributed by atoms with E-state index in [9.17, 15) is 4.39 Å². The Labute approximate surface area is 151 Å². The summed E-state index contributed by atoms with van der Waals surface area (Å²) in [6.45, 7) is 14.1. The Morgan fingerprint density at radius 1 is 1.21 bits per heavy atom. The van der Waals surface area contributed by atoms with Gasteiger partial charge >= 0.3 is 0 Å². The molecule has 0 aromatic heterocycles. The van der Waals surface area contributed by atoms with E-state index in [-0.39, 0.29) is 6.67 Å². The summed E-state index contributed by atoms with van der Waals surface area (Å²) in [7, 11) is 0. The minimum absolute atomic E-state index is 0.181. The first kappa shape index (κ1) is 21.7. The van der Waals surface area contributed by atoms with Gasteiger partial charge < -0.3 is 0 Å². The topological polar surface area (TPSA) is 0 Å². The fraction of sp³-hybridized carbons (Fsp3) is 0.913. The van der Waals surface area contributed by atoms with Crippen LogP contribution in [0.5, 0.6) is 0 Å². The molecule has 0 spiro atoms. The fourth-order valence-electron chi connectivity index (χ4n) is 5.48. The number of hydrogen-bond acceptors (Lipinski definition) is 0. The Morgan fingerprint density at radius 2 is 1.92 bits per heavy atom. The van der Waals surface area contributed by atoms with E-state index in [1.165, 1.54) is 50.5 Å². The van der Waals surface area contributed by atoms with Crippen LogP contribution in [0.25, 0.3) is 0 Å². The molecule has 1 fully saturated rings. The Hall–Kier alpha value is -0.330. The van der Waals surface area contributed by atoms with Gasteiger partial charge in [0, 0.05) is 0 Å². The molecule has 0 amide bonds. The van der Waals surface area contributed by atoms with Gasteiger partial charge in [0.05, 0.1) is 6.67 Å².